The Morgan fingerprint density at radius 3 is 2.64 bits per heavy atom. The summed E-state index contributed by atoms with van der Waals surface area (Å²) in [5.74, 6) is -4.54. The lowest BCUT2D eigenvalue weighted by Gasteiger charge is -2.23. The highest BCUT2D eigenvalue weighted by Crippen LogP contribution is 2.45. The summed E-state index contributed by atoms with van der Waals surface area (Å²) in [5, 5.41) is 7.10. The van der Waals surface area contributed by atoms with Crippen LogP contribution in [0, 0.1) is 5.41 Å². The van der Waals surface area contributed by atoms with E-state index < -0.39 is 17.7 Å². The molecular weight excluding hydrogens is 345 g/mol. The second-order valence-corrected chi connectivity index (χ2v) is 6.81. The second kappa shape index (κ2) is 5.26. The van der Waals surface area contributed by atoms with E-state index in [4.69, 9.17) is 0 Å². The minimum atomic E-state index is -5.65. The number of nitrogens with one attached hydrogen (secondary N) is 1. The van der Waals surface area contributed by atoms with Gasteiger partial charge in [0, 0.05) is 31.2 Å². The molecule has 0 bridgehead atoms. The van der Waals surface area contributed by atoms with Gasteiger partial charge in [-0.3, -0.25) is 0 Å². The first kappa shape index (κ1) is 16.5. The van der Waals surface area contributed by atoms with Crippen LogP contribution in [0.5, 0.6) is 0 Å². The van der Waals surface area contributed by atoms with Crippen LogP contribution in [-0.2, 0) is 5.92 Å². The van der Waals surface area contributed by atoms with Crippen LogP contribution in [0.2, 0.25) is 0 Å². The summed E-state index contributed by atoms with van der Waals surface area (Å²) < 4.78 is 66.2. The van der Waals surface area contributed by atoms with Gasteiger partial charge in [-0.2, -0.15) is 27.1 Å². The van der Waals surface area contributed by atoms with Crippen molar-refractivity contribution in [2.24, 2.45) is 5.41 Å². The zero-order valence-corrected chi connectivity index (χ0v) is 13.2. The number of rotatable bonds is 2. The van der Waals surface area contributed by atoms with Crippen molar-refractivity contribution in [1.82, 2.24) is 19.9 Å². The van der Waals surface area contributed by atoms with E-state index in [1.165, 1.54) is 6.33 Å². The van der Waals surface area contributed by atoms with Crippen LogP contribution in [0.4, 0.5) is 27.8 Å². The van der Waals surface area contributed by atoms with Crippen LogP contribution in [-0.4, -0.2) is 47.0 Å². The first-order valence-electron chi connectivity index (χ1n) is 7.96. The van der Waals surface area contributed by atoms with Gasteiger partial charge in [0.2, 0.25) is 0 Å². The van der Waals surface area contributed by atoms with Gasteiger partial charge in [-0.1, -0.05) is 0 Å². The minimum Gasteiger partial charge on any atom is -0.354 e. The highest BCUT2D eigenvalue weighted by atomic mass is 19.4. The van der Waals surface area contributed by atoms with Crippen LogP contribution in [0.25, 0.3) is 5.52 Å². The molecule has 1 N–H and O–H groups in total. The Morgan fingerprint density at radius 2 is 1.96 bits per heavy atom. The molecule has 4 heterocycles. The van der Waals surface area contributed by atoms with Crippen molar-refractivity contribution in [3.63, 3.8) is 0 Å². The van der Waals surface area contributed by atoms with E-state index in [-0.39, 0.29) is 10.9 Å². The molecule has 5 nitrogen and oxygen atoms in total. The predicted octanol–water partition coefficient (Wildman–Crippen LogP) is 2.57. The Kier molecular flexibility index (Phi) is 3.47. The van der Waals surface area contributed by atoms with Crippen LogP contribution < -0.4 is 10.2 Å². The van der Waals surface area contributed by atoms with E-state index in [0.29, 0.717) is 18.9 Å². The molecule has 2 aromatic heterocycles. The van der Waals surface area contributed by atoms with Crippen molar-refractivity contribution in [2.45, 2.75) is 24.9 Å². The largest absolute Gasteiger partial charge is 0.458 e. The van der Waals surface area contributed by atoms with E-state index in [1.54, 1.807) is 0 Å². The molecule has 0 aromatic carbocycles. The maximum absolute atomic E-state index is 13.6. The lowest BCUT2D eigenvalue weighted by molar-refractivity contribution is -0.289. The van der Waals surface area contributed by atoms with Crippen molar-refractivity contribution < 1.29 is 22.0 Å². The normalized spacial score (nSPS) is 24.8. The number of hydrogen-bond donors (Lipinski definition) is 1. The zero-order valence-electron chi connectivity index (χ0n) is 13.2. The van der Waals surface area contributed by atoms with Crippen LogP contribution >= 0.6 is 0 Å². The smallest absolute Gasteiger partial charge is 0.354 e. The molecule has 2 aliphatic rings. The maximum atomic E-state index is 13.6. The van der Waals surface area contributed by atoms with Crippen LogP contribution in [0.1, 0.15) is 18.4 Å². The van der Waals surface area contributed by atoms with Gasteiger partial charge < -0.3 is 10.2 Å². The van der Waals surface area contributed by atoms with E-state index >= 15 is 0 Å². The molecule has 2 saturated heterocycles. The molecule has 0 amide bonds. The molecule has 1 unspecified atom stereocenters. The van der Waals surface area contributed by atoms with E-state index in [1.807, 2.05) is 4.90 Å². The fourth-order valence-corrected chi connectivity index (χ4v) is 3.76. The SMILES string of the molecule is FC(F)(F)C(F)(F)c1cc2c(N3CCC4(CCNC4)C3)ncnn2c1. The monoisotopic (exact) mass is 361 g/mol. The van der Waals surface area contributed by atoms with Crippen molar-refractivity contribution in [2.75, 3.05) is 31.1 Å². The Labute approximate surface area is 139 Å². The summed E-state index contributed by atoms with van der Waals surface area (Å²) in [6, 6.07) is 0.834. The highest BCUT2D eigenvalue weighted by Gasteiger charge is 2.59. The molecule has 1 spiro atoms. The standard InChI is InChI=1S/C15H16F5N5/c16-14(17,15(18,19)20)10-5-11-12(22-9-23-25(11)6-10)24-4-2-13(8-24)1-3-21-7-13/h5-6,9,21H,1-4,7-8H2. The first-order chi connectivity index (χ1) is 11.7. The van der Waals surface area contributed by atoms with Crippen LogP contribution in [0.3, 0.4) is 0 Å². The molecule has 136 valence electrons. The zero-order chi connectivity index (χ0) is 17.9. The van der Waals surface area contributed by atoms with Crippen LogP contribution in [0.15, 0.2) is 18.6 Å². The van der Waals surface area contributed by atoms with Crippen molar-refractivity contribution >= 4 is 11.3 Å². The molecule has 4 rings (SSSR count). The molecule has 10 heteroatoms. The van der Waals surface area contributed by atoms with Gasteiger partial charge in [0.25, 0.3) is 0 Å². The lowest BCUT2D eigenvalue weighted by atomic mass is 9.87. The van der Waals surface area contributed by atoms with Gasteiger partial charge in [-0.05, 0) is 25.5 Å². The summed E-state index contributed by atoms with van der Waals surface area (Å²) in [5.41, 5.74) is -0.851. The molecule has 2 aromatic rings. The molecule has 0 aliphatic carbocycles. The number of nitrogens with zero attached hydrogens (tertiary/aromatic N) is 4. The molecule has 2 fully saturated rings. The fraction of sp³-hybridized carbons (Fsp3) is 0.600. The number of anilines is 1. The number of alkyl halides is 5. The van der Waals surface area contributed by atoms with Gasteiger partial charge in [0.15, 0.2) is 5.82 Å². The van der Waals surface area contributed by atoms with Crippen molar-refractivity contribution in [1.29, 1.82) is 0 Å². The summed E-state index contributed by atoms with van der Waals surface area (Å²) >= 11 is 0. The third kappa shape index (κ3) is 2.54. The molecule has 0 saturated carbocycles. The third-order valence-electron chi connectivity index (χ3n) is 5.17. The summed E-state index contributed by atoms with van der Waals surface area (Å²) in [4.78, 5) is 6.09. The number of halogens is 5. The number of hydrogen-bond acceptors (Lipinski definition) is 4. The average Bonchev–Trinajstić information content (AvgIpc) is 3.26. The van der Waals surface area contributed by atoms with E-state index in [0.717, 1.165) is 42.7 Å². The Bertz CT molecular complexity index is 793. The number of aromatic nitrogens is 3. The van der Waals surface area contributed by atoms with Gasteiger partial charge in [0.05, 0.1) is 5.56 Å². The van der Waals surface area contributed by atoms with E-state index in [9.17, 15) is 22.0 Å². The quantitative estimate of drug-likeness (QED) is 0.836. The number of fused-ring (bicyclic) bond motifs is 1. The summed E-state index contributed by atoms with van der Waals surface area (Å²) in [7, 11) is 0. The summed E-state index contributed by atoms with van der Waals surface area (Å²) in [6.45, 7) is 3.19. The lowest BCUT2D eigenvalue weighted by Crippen LogP contribution is -2.33. The average molecular weight is 361 g/mol. The molecule has 2 aliphatic heterocycles. The van der Waals surface area contributed by atoms with Gasteiger partial charge in [-0.15, -0.1) is 0 Å². The molecular formula is C15H16F5N5. The second-order valence-electron chi connectivity index (χ2n) is 6.81. The minimum absolute atomic E-state index is 0.118. The Balaban J connectivity index is 1.72. The predicted molar refractivity (Wildman–Crippen MR) is 79.7 cm³/mol. The molecule has 1 atom stereocenters. The molecule has 0 radical (unpaired) electrons. The van der Waals surface area contributed by atoms with Gasteiger partial charge in [-0.25, -0.2) is 9.50 Å². The topological polar surface area (TPSA) is 45.5 Å². The van der Waals surface area contributed by atoms with E-state index in [2.05, 4.69) is 15.4 Å². The summed E-state index contributed by atoms with van der Waals surface area (Å²) in [6.07, 6.45) is -1.81. The fourth-order valence-electron chi connectivity index (χ4n) is 3.76. The van der Waals surface area contributed by atoms with Crippen molar-refractivity contribution in [3.05, 3.63) is 24.2 Å². The van der Waals surface area contributed by atoms with Gasteiger partial charge in [0.1, 0.15) is 11.8 Å². The Hall–Kier alpha value is -1.97. The van der Waals surface area contributed by atoms with Crippen molar-refractivity contribution in [3.8, 4) is 0 Å². The Morgan fingerprint density at radius 1 is 1.16 bits per heavy atom. The maximum Gasteiger partial charge on any atom is 0.458 e. The first-order valence-corrected chi connectivity index (χ1v) is 7.96. The third-order valence-corrected chi connectivity index (χ3v) is 5.17. The highest BCUT2D eigenvalue weighted by molar-refractivity contribution is 5.70. The van der Waals surface area contributed by atoms with Gasteiger partial charge >= 0.3 is 12.1 Å². The molecule has 25 heavy (non-hydrogen) atoms.